The summed E-state index contributed by atoms with van der Waals surface area (Å²) in [5.74, 6) is 1.71. The van der Waals surface area contributed by atoms with E-state index < -0.39 is 0 Å². The first-order valence-electron chi connectivity index (χ1n) is 10.8. The van der Waals surface area contributed by atoms with Gasteiger partial charge in [-0.15, -0.1) is 0 Å². The van der Waals surface area contributed by atoms with Gasteiger partial charge < -0.3 is 19.5 Å². The summed E-state index contributed by atoms with van der Waals surface area (Å²) in [4.78, 5) is 12.7. The molecule has 0 aliphatic rings. The quantitative estimate of drug-likeness (QED) is 0.334. The number of carbonyl (C=O) groups excluding carboxylic acids is 1. The molecule has 3 aromatic rings. The number of nitrogens with one attached hydrogen (secondary N) is 2. The van der Waals surface area contributed by atoms with Crippen LogP contribution in [0.5, 0.6) is 17.2 Å². The van der Waals surface area contributed by atoms with Gasteiger partial charge in [-0.05, 0) is 68.0 Å². The van der Waals surface area contributed by atoms with E-state index in [1.807, 2.05) is 74.5 Å². The zero-order chi connectivity index (χ0) is 23.5. The molecule has 0 aliphatic carbocycles. The first-order chi connectivity index (χ1) is 16.0. The van der Waals surface area contributed by atoms with Crippen molar-refractivity contribution in [1.29, 1.82) is 0 Å². The molecule has 0 aliphatic heterocycles. The minimum Gasteiger partial charge on any atom is -0.491 e. The molecule has 33 heavy (non-hydrogen) atoms. The van der Waals surface area contributed by atoms with Gasteiger partial charge in [-0.2, -0.15) is 0 Å². The lowest BCUT2D eigenvalue weighted by Gasteiger charge is -2.14. The molecule has 0 unspecified atom stereocenters. The Labute approximate surface area is 199 Å². The zero-order valence-corrected chi connectivity index (χ0v) is 19.6. The summed E-state index contributed by atoms with van der Waals surface area (Å²) in [5, 5.41) is 5.99. The van der Waals surface area contributed by atoms with Gasteiger partial charge in [0, 0.05) is 6.54 Å². The van der Waals surface area contributed by atoms with Crippen LogP contribution in [-0.4, -0.2) is 30.3 Å². The van der Waals surface area contributed by atoms with Gasteiger partial charge in [-0.1, -0.05) is 42.5 Å². The normalized spacial score (nSPS) is 10.4. The Morgan fingerprint density at radius 2 is 1.52 bits per heavy atom. The highest BCUT2D eigenvalue weighted by molar-refractivity contribution is 7.80. The molecular formula is C26H28N2O4S. The Morgan fingerprint density at radius 3 is 2.24 bits per heavy atom. The molecule has 0 bridgehead atoms. The van der Waals surface area contributed by atoms with Crippen molar-refractivity contribution >= 4 is 23.2 Å². The maximum Gasteiger partial charge on any atom is 0.261 e. The van der Waals surface area contributed by atoms with Gasteiger partial charge in [-0.25, -0.2) is 0 Å². The summed E-state index contributed by atoms with van der Waals surface area (Å²) < 4.78 is 17.0. The van der Waals surface area contributed by atoms with Crippen LogP contribution in [0.15, 0.2) is 78.9 Å². The summed E-state index contributed by atoms with van der Waals surface area (Å²) >= 11 is 5.29. The van der Waals surface area contributed by atoms with Crippen molar-refractivity contribution in [1.82, 2.24) is 10.6 Å². The number of amides is 1. The van der Waals surface area contributed by atoms with Crippen molar-refractivity contribution in [2.24, 2.45) is 0 Å². The predicted molar refractivity (Wildman–Crippen MR) is 133 cm³/mol. The number of hydrogen-bond donors (Lipinski definition) is 2. The van der Waals surface area contributed by atoms with Gasteiger partial charge in [-0.3, -0.25) is 10.1 Å². The number of para-hydroxylation sites is 2. The van der Waals surface area contributed by atoms with Crippen molar-refractivity contribution in [3.05, 3.63) is 90.0 Å². The average Bonchev–Trinajstić information content (AvgIpc) is 2.82. The molecule has 0 aromatic heterocycles. The van der Waals surface area contributed by atoms with E-state index >= 15 is 0 Å². The van der Waals surface area contributed by atoms with E-state index in [4.69, 9.17) is 26.4 Å². The van der Waals surface area contributed by atoms with Gasteiger partial charge in [0.15, 0.2) is 5.11 Å². The molecule has 0 saturated carbocycles. The van der Waals surface area contributed by atoms with Gasteiger partial charge in [0.2, 0.25) is 0 Å². The monoisotopic (exact) mass is 464 g/mol. The van der Waals surface area contributed by atoms with E-state index in [1.54, 1.807) is 18.2 Å². The lowest BCUT2D eigenvalue weighted by Crippen LogP contribution is -2.39. The van der Waals surface area contributed by atoms with Crippen molar-refractivity contribution in [2.45, 2.75) is 26.5 Å². The predicted octanol–water partition coefficient (Wildman–Crippen LogP) is 4.74. The van der Waals surface area contributed by atoms with E-state index in [1.165, 1.54) is 0 Å². The minimum atomic E-state index is -0.340. The molecule has 3 rings (SSSR count). The Kier molecular flexibility index (Phi) is 9.08. The largest absolute Gasteiger partial charge is 0.491 e. The fraction of sp³-hybridized carbons (Fsp3) is 0.231. The topological polar surface area (TPSA) is 68.8 Å². The van der Waals surface area contributed by atoms with Crippen LogP contribution in [0.3, 0.4) is 0 Å². The summed E-state index contributed by atoms with van der Waals surface area (Å²) in [7, 11) is 0. The fourth-order valence-electron chi connectivity index (χ4n) is 2.96. The number of ether oxygens (including phenoxy) is 3. The molecule has 2 N–H and O–H groups in total. The molecule has 1 amide bonds. The summed E-state index contributed by atoms with van der Waals surface area (Å²) in [6, 6.07) is 24.3. The Bertz CT molecular complexity index is 1040. The molecule has 0 heterocycles. The second-order valence-electron chi connectivity index (χ2n) is 7.45. The highest BCUT2D eigenvalue weighted by atomic mass is 32.1. The smallest absolute Gasteiger partial charge is 0.261 e. The van der Waals surface area contributed by atoms with E-state index in [9.17, 15) is 4.79 Å². The van der Waals surface area contributed by atoms with Crippen molar-refractivity contribution < 1.29 is 19.0 Å². The van der Waals surface area contributed by atoms with Crippen LogP contribution in [0.1, 0.15) is 29.8 Å². The first-order valence-corrected chi connectivity index (χ1v) is 11.2. The number of benzene rings is 3. The third-order valence-corrected chi connectivity index (χ3v) is 4.71. The van der Waals surface area contributed by atoms with Crippen molar-refractivity contribution in [2.75, 3.05) is 13.2 Å². The van der Waals surface area contributed by atoms with Crippen LogP contribution in [0.25, 0.3) is 0 Å². The maximum absolute atomic E-state index is 12.7. The van der Waals surface area contributed by atoms with Crippen LogP contribution in [-0.2, 0) is 6.54 Å². The maximum atomic E-state index is 12.7. The van der Waals surface area contributed by atoms with Gasteiger partial charge in [0.25, 0.3) is 5.91 Å². The van der Waals surface area contributed by atoms with Crippen LogP contribution < -0.4 is 24.8 Å². The molecule has 0 radical (unpaired) electrons. The molecular weight excluding hydrogens is 436 g/mol. The van der Waals surface area contributed by atoms with E-state index in [-0.39, 0.29) is 17.1 Å². The summed E-state index contributed by atoms with van der Waals surface area (Å²) in [6.07, 6.45) is 0.125. The molecule has 7 heteroatoms. The van der Waals surface area contributed by atoms with E-state index in [0.717, 1.165) is 17.1 Å². The average molecular weight is 465 g/mol. The zero-order valence-electron chi connectivity index (χ0n) is 18.7. The van der Waals surface area contributed by atoms with E-state index in [0.29, 0.717) is 31.1 Å². The number of hydrogen-bond acceptors (Lipinski definition) is 5. The second kappa shape index (κ2) is 12.5. The SMILES string of the molecule is CC(C)Oc1ccc(CNC(=S)NC(=O)c2ccccc2OCCOc2ccccc2)cc1. The molecule has 0 fully saturated rings. The highest BCUT2D eigenvalue weighted by Crippen LogP contribution is 2.18. The number of carbonyl (C=O) groups is 1. The number of rotatable bonds is 10. The first kappa shape index (κ1) is 24.1. The lowest BCUT2D eigenvalue weighted by molar-refractivity contribution is 0.0971. The summed E-state index contributed by atoms with van der Waals surface area (Å²) in [5.41, 5.74) is 1.42. The van der Waals surface area contributed by atoms with Gasteiger partial charge >= 0.3 is 0 Å². The molecule has 172 valence electrons. The van der Waals surface area contributed by atoms with Crippen LogP contribution >= 0.6 is 12.2 Å². The Morgan fingerprint density at radius 1 is 0.848 bits per heavy atom. The van der Waals surface area contributed by atoms with E-state index in [2.05, 4.69) is 10.6 Å². The van der Waals surface area contributed by atoms with Gasteiger partial charge in [0.05, 0.1) is 11.7 Å². The molecule has 0 spiro atoms. The number of thiocarbonyl (C=S) groups is 1. The molecule has 3 aromatic carbocycles. The summed E-state index contributed by atoms with van der Waals surface area (Å²) in [6.45, 7) is 5.12. The van der Waals surface area contributed by atoms with Gasteiger partial charge in [0.1, 0.15) is 30.5 Å². The second-order valence-corrected chi connectivity index (χ2v) is 7.86. The third kappa shape index (κ3) is 8.12. The fourth-order valence-corrected chi connectivity index (χ4v) is 3.13. The molecule has 0 saturated heterocycles. The van der Waals surface area contributed by atoms with Crippen LogP contribution in [0.2, 0.25) is 0 Å². The molecule has 6 nitrogen and oxygen atoms in total. The standard InChI is InChI=1S/C26H28N2O4S/c1-19(2)32-22-14-12-20(13-15-22)18-27-26(33)28-25(29)23-10-6-7-11-24(23)31-17-16-30-21-8-4-3-5-9-21/h3-15,19H,16-18H2,1-2H3,(H2,27,28,29,33). The Hall–Kier alpha value is -3.58. The molecule has 0 atom stereocenters. The minimum absolute atomic E-state index is 0.125. The third-order valence-electron chi connectivity index (χ3n) is 4.46. The van der Waals surface area contributed by atoms with Crippen molar-refractivity contribution in [3.63, 3.8) is 0 Å². The Balaban J connectivity index is 1.46. The van der Waals surface area contributed by atoms with Crippen molar-refractivity contribution in [3.8, 4) is 17.2 Å². The van der Waals surface area contributed by atoms with Crippen LogP contribution in [0, 0.1) is 0 Å². The lowest BCUT2D eigenvalue weighted by atomic mass is 10.2. The highest BCUT2D eigenvalue weighted by Gasteiger charge is 2.13. The van der Waals surface area contributed by atoms with Crippen LogP contribution in [0.4, 0.5) is 0 Å².